The quantitative estimate of drug-likeness (QED) is 0.679. The number of ether oxygens (including phenoxy) is 1. The lowest BCUT2D eigenvalue weighted by atomic mass is 10.2. The zero-order chi connectivity index (χ0) is 14.1. The lowest BCUT2D eigenvalue weighted by Crippen LogP contribution is -2.17. The number of hydrogen-bond acceptors (Lipinski definition) is 4. The van der Waals surface area contributed by atoms with Gasteiger partial charge in [-0.2, -0.15) is 9.67 Å². The normalized spacial score (nSPS) is 10.7. The van der Waals surface area contributed by atoms with Gasteiger partial charge in [-0.05, 0) is 42.5 Å². The third-order valence-electron chi connectivity index (χ3n) is 2.93. The van der Waals surface area contributed by atoms with E-state index in [-0.39, 0.29) is 10.7 Å². The molecule has 0 atom stereocenters. The van der Waals surface area contributed by atoms with Crippen LogP contribution in [-0.2, 0) is 0 Å². The molecule has 0 bridgehead atoms. The molecule has 0 aliphatic rings. The summed E-state index contributed by atoms with van der Waals surface area (Å²) in [6.45, 7) is 0. The Morgan fingerprint density at radius 2 is 2.10 bits per heavy atom. The topological polar surface area (TPSA) is 48.5 Å². The minimum Gasteiger partial charge on any atom is -0.497 e. The van der Waals surface area contributed by atoms with Crippen LogP contribution in [0, 0.1) is 4.77 Å². The lowest BCUT2D eigenvalue weighted by Gasteiger charge is -2.06. The monoisotopic (exact) mass is 285 g/mol. The van der Waals surface area contributed by atoms with Gasteiger partial charge in [0.1, 0.15) is 5.75 Å². The Hall–Kier alpha value is -2.47. The fraction of sp³-hybridized carbons (Fsp3) is 0.0714. The zero-order valence-corrected chi connectivity index (χ0v) is 11.5. The number of methoxy groups -OCH3 is 1. The summed E-state index contributed by atoms with van der Waals surface area (Å²) in [6, 6.07) is 12.4. The first kappa shape index (κ1) is 12.6. The van der Waals surface area contributed by atoms with Crippen molar-refractivity contribution in [2.24, 2.45) is 0 Å². The summed E-state index contributed by atoms with van der Waals surface area (Å²) in [4.78, 5) is 16.8. The average Bonchev–Trinajstić information content (AvgIpc) is 2.82. The molecular formula is C14H11N3O2S. The van der Waals surface area contributed by atoms with E-state index < -0.39 is 0 Å². The van der Waals surface area contributed by atoms with Gasteiger partial charge in [0.25, 0.3) is 5.91 Å². The van der Waals surface area contributed by atoms with Crippen molar-refractivity contribution in [3.63, 3.8) is 0 Å². The summed E-state index contributed by atoms with van der Waals surface area (Å²) in [5, 5.41) is 0. The Labute approximate surface area is 120 Å². The molecule has 6 heteroatoms. The molecule has 3 aromatic rings. The molecule has 0 N–H and O–H groups in total. The number of hydrogen-bond donors (Lipinski definition) is 0. The highest BCUT2D eigenvalue weighted by Crippen LogP contribution is 2.14. The first-order chi connectivity index (χ1) is 9.70. The summed E-state index contributed by atoms with van der Waals surface area (Å²) < 4.78 is 8.35. The molecule has 0 saturated carbocycles. The molecule has 0 aliphatic heterocycles. The molecule has 100 valence electrons. The van der Waals surface area contributed by atoms with Crippen LogP contribution in [0.4, 0.5) is 0 Å². The predicted molar refractivity (Wildman–Crippen MR) is 76.7 cm³/mol. The van der Waals surface area contributed by atoms with E-state index >= 15 is 0 Å². The minimum atomic E-state index is -0.243. The SMILES string of the molecule is COc1cccc(C(=O)n2c(=S)nc3ccccn32)c1. The average molecular weight is 285 g/mol. The molecule has 0 unspecified atom stereocenters. The van der Waals surface area contributed by atoms with Gasteiger partial charge in [0, 0.05) is 11.8 Å². The van der Waals surface area contributed by atoms with Gasteiger partial charge in [0.15, 0.2) is 5.65 Å². The van der Waals surface area contributed by atoms with Crippen molar-refractivity contribution in [1.82, 2.24) is 14.2 Å². The van der Waals surface area contributed by atoms with Crippen molar-refractivity contribution < 1.29 is 9.53 Å². The molecule has 3 rings (SSSR count). The Morgan fingerprint density at radius 3 is 2.90 bits per heavy atom. The molecule has 2 heterocycles. The number of benzene rings is 1. The van der Waals surface area contributed by atoms with Crippen LogP contribution in [0.15, 0.2) is 48.7 Å². The van der Waals surface area contributed by atoms with Crippen molar-refractivity contribution in [3.8, 4) is 5.75 Å². The standard InChI is InChI=1S/C14H11N3O2S/c1-19-11-6-4-5-10(9-11)13(18)17-14(20)15-12-7-2-3-8-16(12)17/h2-9H,1H3. The van der Waals surface area contributed by atoms with Gasteiger partial charge in [0.05, 0.1) is 7.11 Å². The van der Waals surface area contributed by atoms with Crippen molar-refractivity contribution in [1.29, 1.82) is 0 Å². The van der Waals surface area contributed by atoms with Crippen LogP contribution in [-0.4, -0.2) is 27.2 Å². The van der Waals surface area contributed by atoms with E-state index in [1.54, 1.807) is 48.2 Å². The molecule has 0 saturated heterocycles. The Balaban J connectivity index is 2.17. The van der Waals surface area contributed by atoms with Crippen LogP contribution in [0.25, 0.3) is 5.65 Å². The summed E-state index contributed by atoms with van der Waals surface area (Å²) in [6.07, 6.45) is 1.75. The Morgan fingerprint density at radius 1 is 1.25 bits per heavy atom. The molecule has 0 spiro atoms. The summed E-state index contributed by atoms with van der Waals surface area (Å²) in [5.41, 5.74) is 1.12. The third-order valence-corrected chi connectivity index (χ3v) is 3.20. The summed E-state index contributed by atoms with van der Waals surface area (Å²) in [7, 11) is 1.56. The fourth-order valence-corrected chi connectivity index (χ4v) is 2.25. The first-order valence-electron chi connectivity index (χ1n) is 5.96. The highest BCUT2D eigenvalue weighted by Gasteiger charge is 2.14. The molecule has 0 aliphatic carbocycles. The van der Waals surface area contributed by atoms with Crippen LogP contribution >= 0.6 is 12.2 Å². The molecular weight excluding hydrogens is 274 g/mol. The number of aromatic nitrogens is 3. The maximum absolute atomic E-state index is 12.6. The van der Waals surface area contributed by atoms with E-state index in [4.69, 9.17) is 17.0 Å². The maximum atomic E-state index is 12.6. The van der Waals surface area contributed by atoms with Crippen LogP contribution in [0.1, 0.15) is 10.4 Å². The number of nitrogens with zero attached hydrogens (tertiary/aromatic N) is 3. The van der Waals surface area contributed by atoms with Crippen LogP contribution in [0.3, 0.4) is 0 Å². The maximum Gasteiger partial charge on any atom is 0.279 e. The van der Waals surface area contributed by atoms with Crippen molar-refractivity contribution in [2.45, 2.75) is 0 Å². The van der Waals surface area contributed by atoms with Crippen molar-refractivity contribution in [3.05, 3.63) is 59.0 Å². The van der Waals surface area contributed by atoms with Gasteiger partial charge in [0.2, 0.25) is 4.77 Å². The third kappa shape index (κ3) is 2.00. The minimum absolute atomic E-state index is 0.226. The van der Waals surface area contributed by atoms with E-state index in [2.05, 4.69) is 4.98 Å². The number of pyridine rings is 1. The van der Waals surface area contributed by atoms with Crippen LogP contribution in [0.2, 0.25) is 0 Å². The molecule has 0 amide bonds. The molecule has 2 aromatic heterocycles. The van der Waals surface area contributed by atoms with Gasteiger partial charge >= 0.3 is 0 Å². The van der Waals surface area contributed by atoms with Gasteiger partial charge in [-0.1, -0.05) is 12.1 Å². The summed E-state index contributed by atoms with van der Waals surface area (Å²) >= 11 is 5.17. The second kappa shape index (κ2) is 4.90. The van der Waals surface area contributed by atoms with Gasteiger partial charge in [-0.15, -0.1) is 0 Å². The highest BCUT2D eigenvalue weighted by molar-refractivity contribution is 7.71. The van der Waals surface area contributed by atoms with E-state index in [1.165, 1.54) is 4.68 Å². The van der Waals surface area contributed by atoms with E-state index in [9.17, 15) is 4.79 Å². The van der Waals surface area contributed by atoms with Crippen LogP contribution < -0.4 is 4.74 Å². The van der Waals surface area contributed by atoms with E-state index in [0.29, 0.717) is 17.0 Å². The van der Waals surface area contributed by atoms with Gasteiger partial charge < -0.3 is 4.74 Å². The summed E-state index contributed by atoms with van der Waals surface area (Å²) in [5.74, 6) is 0.379. The Kier molecular flexibility index (Phi) is 3.08. The fourth-order valence-electron chi connectivity index (χ4n) is 1.98. The van der Waals surface area contributed by atoms with Gasteiger partial charge in [-0.3, -0.25) is 4.79 Å². The van der Waals surface area contributed by atoms with Crippen molar-refractivity contribution >= 4 is 23.8 Å². The highest BCUT2D eigenvalue weighted by atomic mass is 32.1. The van der Waals surface area contributed by atoms with Crippen molar-refractivity contribution in [2.75, 3.05) is 7.11 Å². The number of carbonyl (C=O) groups excluding carboxylic acids is 1. The molecule has 0 fully saturated rings. The first-order valence-corrected chi connectivity index (χ1v) is 6.37. The lowest BCUT2D eigenvalue weighted by molar-refractivity contribution is 0.0937. The van der Waals surface area contributed by atoms with Gasteiger partial charge in [-0.25, -0.2) is 4.52 Å². The molecule has 1 aromatic carbocycles. The number of carbonyl (C=O) groups is 1. The van der Waals surface area contributed by atoms with E-state index in [0.717, 1.165) is 0 Å². The number of fused-ring (bicyclic) bond motifs is 1. The van der Waals surface area contributed by atoms with E-state index in [1.807, 2.05) is 12.1 Å². The van der Waals surface area contributed by atoms with Crippen LogP contribution in [0.5, 0.6) is 5.75 Å². The molecule has 5 nitrogen and oxygen atoms in total. The predicted octanol–water partition coefficient (Wildman–Crippen LogP) is 2.56. The second-order valence-electron chi connectivity index (χ2n) is 4.15. The second-order valence-corrected chi connectivity index (χ2v) is 4.51. The molecule has 20 heavy (non-hydrogen) atoms. The zero-order valence-electron chi connectivity index (χ0n) is 10.7. The molecule has 0 radical (unpaired) electrons. The smallest absolute Gasteiger partial charge is 0.279 e. The number of rotatable bonds is 2. The largest absolute Gasteiger partial charge is 0.497 e. The Bertz CT molecular complexity index is 851.